The lowest BCUT2D eigenvalue weighted by Crippen LogP contribution is -2.59. The van der Waals surface area contributed by atoms with Crippen LogP contribution in [0, 0.1) is 16.0 Å². The molecule has 0 aliphatic rings. The molecular weight excluding hydrogens is 558 g/mol. The van der Waals surface area contributed by atoms with E-state index in [-0.39, 0.29) is 24.2 Å². The van der Waals surface area contributed by atoms with Gasteiger partial charge in [-0.1, -0.05) is 13.8 Å². The van der Waals surface area contributed by atoms with E-state index in [0.717, 1.165) is 12.1 Å². The molecule has 0 heterocycles. The van der Waals surface area contributed by atoms with Gasteiger partial charge in [0, 0.05) is 31.2 Å². The number of non-ortho nitro benzene ring substituents is 1. The topological polar surface area (TPSA) is 269 Å². The van der Waals surface area contributed by atoms with Crippen molar-refractivity contribution >= 4 is 52.8 Å². The number of hydrogen-bond donors (Lipinski definition) is 7. The monoisotopic (exact) mass is 593 g/mol. The van der Waals surface area contributed by atoms with E-state index in [2.05, 4.69) is 26.6 Å². The van der Waals surface area contributed by atoms with Crippen LogP contribution in [0.15, 0.2) is 24.3 Å². The third-order valence-corrected chi connectivity index (χ3v) is 5.73. The number of amides is 6. The zero-order chi connectivity index (χ0) is 32.1. The van der Waals surface area contributed by atoms with Gasteiger partial charge in [-0.15, -0.1) is 0 Å². The fourth-order valence-electron chi connectivity index (χ4n) is 3.55. The number of nitro benzene ring substituents is 1. The van der Waals surface area contributed by atoms with Crippen molar-refractivity contribution in [2.24, 2.45) is 11.7 Å². The highest BCUT2D eigenvalue weighted by Gasteiger charge is 2.33. The number of aliphatic carboxylic acids is 1. The number of primary amides is 1. The Hall–Kier alpha value is -5.09. The van der Waals surface area contributed by atoms with Gasteiger partial charge in [0.15, 0.2) is 0 Å². The van der Waals surface area contributed by atoms with Crippen molar-refractivity contribution in [3.05, 3.63) is 34.4 Å². The van der Waals surface area contributed by atoms with Gasteiger partial charge < -0.3 is 37.4 Å². The molecule has 0 aliphatic heterocycles. The lowest BCUT2D eigenvalue weighted by molar-refractivity contribution is -0.384. The molecule has 1 aromatic carbocycles. The number of carbonyl (C=O) groups is 7. The molecule has 0 fully saturated rings. The molecule has 1 aromatic rings. The molecule has 0 aliphatic carbocycles. The van der Waals surface area contributed by atoms with Gasteiger partial charge in [-0.25, -0.2) is 0 Å². The van der Waals surface area contributed by atoms with E-state index in [1.165, 1.54) is 26.0 Å². The van der Waals surface area contributed by atoms with E-state index in [1.807, 2.05) is 0 Å². The Balaban J connectivity index is 3.08. The molecule has 1 rings (SSSR count). The standard InChI is InChI=1S/C25H35N7O10/c1-12(2)21(31-23(38)17(9-10-19(26)34)29-22(37)13(3)27-14(4)33)25(40)30-18(11-20(35)36)24(39)28-15-5-7-16(8-6-15)32(41)42/h5-8,12-13,17-18,21H,9-11H2,1-4H3,(H2,26,34)(H,27,33)(H,28,39)(H,29,37)(H,30,40)(H,31,38)(H,35,36)/t13-,17-,18-,21-/m0/s1. The highest BCUT2D eigenvalue weighted by molar-refractivity contribution is 6.00. The van der Waals surface area contributed by atoms with Crippen LogP contribution in [0.2, 0.25) is 0 Å². The molecule has 0 bridgehead atoms. The normalized spacial score (nSPS) is 13.5. The van der Waals surface area contributed by atoms with Crippen LogP contribution in [-0.4, -0.2) is 75.6 Å². The Morgan fingerprint density at radius 2 is 1.43 bits per heavy atom. The highest BCUT2D eigenvalue weighted by Crippen LogP contribution is 2.16. The molecule has 0 saturated carbocycles. The summed E-state index contributed by atoms with van der Waals surface area (Å²) < 4.78 is 0. The second-order valence-corrected chi connectivity index (χ2v) is 9.67. The first-order chi connectivity index (χ1) is 19.5. The van der Waals surface area contributed by atoms with Crippen LogP contribution < -0.4 is 32.3 Å². The summed E-state index contributed by atoms with van der Waals surface area (Å²) in [6.45, 7) is 5.68. The zero-order valence-electron chi connectivity index (χ0n) is 23.5. The number of carboxylic acids is 1. The Labute approximate surface area is 240 Å². The molecule has 0 saturated heterocycles. The maximum atomic E-state index is 13.1. The van der Waals surface area contributed by atoms with Crippen LogP contribution in [0.3, 0.4) is 0 Å². The predicted molar refractivity (Wildman–Crippen MR) is 146 cm³/mol. The van der Waals surface area contributed by atoms with E-state index >= 15 is 0 Å². The maximum Gasteiger partial charge on any atom is 0.305 e. The van der Waals surface area contributed by atoms with Crippen LogP contribution in [-0.2, 0) is 33.6 Å². The average molecular weight is 594 g/mol. The smallest absolute Gasteiger partial charge is 0.305 e. The number of rotatable bonds is 16. The molecule has 0 radical (unpaired) electrons. The zero-order valence-corrected chi connectivity index (χ0v) is 23.5. The minimum absolute atomic E-state index is 0.102. The van der Waals surface area contributed by atoms with Crippen LogP contribution in [0.1, 0.15) is 47.0 Å². The number of hydrogen-bond acceptors (Lipinski definition) is 9. The van der Waals surface area contributed by atoms with Gasteiger partial charge in [0.1, 0.15) is 24.2 Å². The van der Waals surface area contributed by atoms with Crippen molar-refractivity contribution in [2.75, 3.05) is 5.32 Å². The number of nitrogens with zero attached hydrogens (tertiary/aromatic N) is 1. The summed E-state index contributed by atoms with van der Waals surface area (Å²) >= 11 is 0. The SMILES string of the molecule is CC(=O)N[C@@H](C)C(=O)N[C@@H](CCC(N)=O)C(=O)N[C@H](C(=O)N[C@@H](CC(=O)O)C(=O)Nc1ccc([N+](=O)[O-])cc1)C(C)C. The Morgan fingerprint density at radius 3 is 1.90 bits per heavy atom. The lowest BCUT2D eigenvalue weighted by atomic mass is 10.0. The van der Waals surface area contributed by atoms with Gasteiger partial charge in [-0.2, -0.15) is 0 Å². The van der Waals surface area contributed by atoms with Gasteiger partial charge in [0.05, 0.1) is 11.3 Å². The van der Waals surface area contributed by atoms with Crippen LogP contribution in [0.25, 0.3) is 0 Å². The van der Waals surface area contributed by atoms with E-state index in [4.69, 9.17) is 5.73 Å². The number of carbonyl (C=O) groups excluding carboxylic acids is 6. The van der Waals surface area contributed by atoms with Crippen LogP contribution >= 0.6 is 0 Å². The van der Waals surface area contributed by atoms with Crippen LogP contribution in [0.5, 0.6) is 0 Å². The maximum absolute atomic E-state index is 13.1. The molecule has 0 spiro atoms. The molecule has 230 valence electrons. The minimum atomic E-state index is -1.60. The van der Waals surface area contributed by atoms with E-state index in [0.29, 0.717) is 0 Å². The summed E-state index contributed by atoms with van der Waals surface area (Å²) in [6.07, 6.45) is -1.36. The third-order valence-electron chi connectivity index (χ3n) is 5.73. The summed E-state index contributed by atoms with van der Waals surface area (Å²) in [5, 5.41) is 32.0. The molecule has 17 heteroatoms. The van der Waals surface area contributed by atoms with Crippen molar-refractivity contribution in [3.8, 4) is 0 Å². The fraction of sp³-hybridized carbons (Fsp3) is 0.480. The molecule has 4 atom stereocenters. The van der Waals surface area contributed by atoms with Gasteiger partial charge in [-0.05, 0) is 31.4 Å². The first-order valence-electron chi connectivity index (χ1n) is 12.7. The first kappa shape index (κ1) is 34.9. The quantitative estimate of drug-likeness (QED) is 0.0898. The van der Waals surface area contributed by atoms with Crippen molar-refractivity contribution in [2.45, 2.75) is 71.1 Å². The summed E-state index contributed by atoms with van der Waals surface area (Å²) in [7, 11) is 0. The Bertz CT molecular complexity index is 1200. The molecule has 0 unspecified atom stereocenters. The largest absolute Gasteiger partial charge is 0.481 e. The number of nitrogens with one attached hydrogen (secondary N) is 5. The van der Waals surface area contributed by atoms with E-state index < -0.39 is 82.8 Å². The minimum Gasteiger partial charge on any atom is -0.481 e. The van der Waals surface area contributed by atoms with Crippen molar-refractivity contribution < 1.29 is 43.6 Å². The van der Waals surface area contributed by atoms with Crippen molar-refractivity contribution in [3.63, 3.8) is 0 Å². The average Bonchev–Trinajstić information content (AvgIpc) is 2.88. The lowest BCUT2D eigenvalue weighted by Gasteiger charge is -2.27. The van der Waals surface area contributed by atoms with Crippen molar-refractivity contribution in [1.82, 2.24) is 21.3 Å². The predicted octanol–water partition coefficient (Wildman–Crippen LogP) is -1.09. The third kappa shape index (κ3) is 12.0. The molecule has 0 aromatic heterocycles. The van der Waals surface area contributed by atoms with Gasteiger partial charge in [0.2, 0.25) is 35.4 Å². The first-order valence-corrected chi connectivity index (χ1v) is 12.7. The van der Waals surface area contributed by atoms with Gasteiger partial charge in [-0.3, -0.25) is 43.7 Å². The van der Waals surface area contributed by atoms with Gasteiger partial charge >= 0.3 is 5.97 Å². The summed E-state index contributed by atoms with van der Waals surface area (Å²) in [5.74, 6) is -6.76. The molecule has 8 N–H and O–H groups in total. The second-order valence-electron chi connectivity index (χ2n) is 9.67. The number of nitro groups is 1. The highest BCUT2D eigenvalue weighted by atomic mass is 16.6. The number of carboxylic acid groups (broad SMARTS) is 1. The van der Waals surface area contributed by atoms with Crippen molar-refractivity contribution in [1.29, 1.82) is 0 Å². The molecular formula is C25H35N7O10. The molecule has 6 amide bonds. The van der Waals surface area contributed by atoms with E-state index in [9.17, 15) is 48.8 Å². The fourth-order valence-corrected chi connectivity index (χ4v) is 3.55. The summed E-state index contributed by atoms with van der Waals surface area (Å²) in [5.41, 5.74) is 5.03. The summed E-state index contributed by atoms with van der Waals surface area (Å²) in [6, 6.07) is -0.601. The van der Waals surface area contributed by atoms with Gasteiger partial charge in [0.25, 0.3) is 5.69 Å². The molecule has 17 nitrogen and oxygen atoms in total. The number of nitrogens with two attached hydrogens (primary N) is 1. The Kier molecular flexibility index (Phi) is 13.5. The molecule has 42 heavy (non-hydrogen) atoms. The second kappa shape index (κ2) is 16.2. The Morgan fingerprint density at radius 1 is 0.857 bits per heavy atom. The van der Waals surface area contributed by atoms with E-state index in [1.54, 1.807) is 13.8 Å². The summed E-state index contributed by atoms with van der Waals surface area (Å²) in [4.78, 5) is 95.7. The number of benzene rings is 1. The van der Waals surface area contributed by atoms with Crippen LogP contribution in [0.4, 0.5) is 11.4 Å². The number of anilines is 1.